The third-order valence-electron chi connectivity index (χ3n) is 2.49. The van der Waals surface area contributed by atoms with Crippen LogP contribution in [0.15, 0.2) is 0 Å². The van der Waals surface area contributed by atoms with Gasteiger partial charge in [-0.1, -0.05) is 13.3 Å². The summed E-state index contributed by atoms with van der Waals surface area (Å²) in [5.41, 5.74) is 0. The van der Waals surface area contributed by atoms with Crippen LogP contribution in [0, 0.1) is 0 Å². The van der Waals surface area contributed by atoms with Crippen molar-refractivity contribution in [2.45, 2.75) is 39.7 Å². The molecular weight excluding hydrogens is 208 g/mol. The van der Waals surface area contributed by atoms with Crippen LogP contribution in [0.2, 0.25) is 0 Å². The van der Waals surface area contributed by atoms with Crippen LogP contribution >= 0.6 is 0 Å². The normalized spacial score (nSPS) is 12.2. The molecule has 0 radical (unpaired) electrons. The summed E-state index contributed by atoms with van der Waals surface area (Å²) in [6, 6.07) is -0.621. The number of rotatable bonds is 8. The van der Waals surface area contributed by atoms with E-state index >= 15 is 0 Å². The summed E-state index contributed by atoms with van der Waals surface area (Å²) in [5, 5.41) is 11.7. The van der Waals surface area contributed by atoms with E-state index in [1.54, 1.807) is 4.90 Å². The molecule has 0 saturated heterocycles. The van der Waals surface area contributed by atoms with Crippen LogP contribution in [-0.2, 0) is 9.59 Å². The average molecular weight is 230 g/mol. The Kier molecular flexibility index (Phi) is 7.54. The van der Waals surface area contributed by atoms with Crippen LogP contribution in [0.25, 0.3) is 0 Å². The number of amides is 1. The number of aliphatic carboxylic acids is 1. The molecule has 94 valence electrons. The van der Waals surface area contributed by atoms with E-state index in [2.05, 4.69) is 5.32 Å². The number of hydrogen-bond donors (Lipinski definition) is 2. The highest BCUT2D eigenvalue weighted by Crippen LogP contribution is 1.97. The number of nitrogens with one attached hydrogen (secondary N) is 1. The molecule has 16 heavy (non-hydrogen) atoms. The van der Waals surface area contributed by atoms with Gasteiger partial charge in [-0.2, -0.15) is 0 Å². The van der Waals surface area contributed by atoms with Crippen molar-refractivity contribution in [3.8, 4) is 0 Å². The second-order valence-electron chi connectivity index (χ2n) is 3.63. The van der Waals surface area contributed by atoms with Crippen LogP contribution in [0.3, 0.4) is 0 Å². The summed E-state index contributed by atoms with van der Waals surface area (Å²) >= 11 is 0. The molecule has 5 heteroatoms. The Bertz CT molecular complexity index is 227. The molecule has 1 amide bonds. The monoisotopic (exact) mass is 230 g/mol. The second-order valence-corrected chi connectivity index (χ2v) is 3.63. The maximum atomic E-state index is 11.6. The molecule has 0 rings (SSSR count). The van der Waals surface area contributed by atoms with E-state index < -0.39 is 12.0 Å². The third-order valence-corrected chi connectivity index (χ3v) is 2.49. The Morgan fingerprint density at radius 2 is 1.81 bits per heavy atom. The first-order chi connectivity index (χ1) is 7.56. The highest BCUT2D eigenvalue weighted by Gasteiger charge is 2.18. The molecule has 0 fully saturated rings. The van der Waals surface area contributed by atoms with Gasteiger partial charge in [0.05, 0.1) is 6.54 Å². The van der Waals surface area contributed by atoms with Gasteiger partial charge in [-0.3, -0.25) is 14.9 Å². The molecule has 0 spiro atoms. The molecule has 0 aromatic rings. The molecule has 0 aliphatic rings. The summed E-state index contributed by atoms with van der Waals surface area (Å²) in [7, 11) is 0. The summed E-state index contributed by atoms with van der Waals surface area (Å²) < 4.78 is 0. The molecule has 0 saturated carbocycles. The summed E-state index contributed by atoms with van der Waals surface area (Å²) in [4.78, 5) is 24.1. The lowest BCUT2D eigenvalue weighted by atomic mass is 10.1. The number of carbonyl (C=O) groups excluding carboxylic acids is 1. The van der Waals surface area contributed by atoms with E-state index in [0.29, 0.717) is 19.5 Å². The average Bonchev–Trinajstić information content (AvgIpc) is 2.25. The minimum Gasteiger partial charge on any atom is -0.480 e. The predicted molar refractivity (Wildman–Crippen MR) is 62.3 cm³/mol. The molecular formula is C11H22N2O3. The van der Waals surface area contributed by atoms with Crippen molar-refractivity contribution in [3.63, 3.8) is 0 Å². The van der Waals surface area contributed by atoms with Crippen molar-refractivity contribution in [2.24, 2.45) is 0 Å². The lowest BCUT2D eigenvalue weighted by Crippen LogP contribution is -2.44. The van der Waals surface area contributed by atoms with E-state index in [4.69, 9.17) is 5.11 Å². The fourth-order valence-electron chi connectivity index (χ4n) is 1.50. The van der Waals surface area contributed by atoms with Gasteiger partial charge in [0.25, 0.3) is 0 Å². The van der Waals surface area contributed by atoms with Crippen molar-refractivity contribution < 1.29 is 14.7 Å². The second kappa shape index (κ2) is 8.10. The van der Waals surface area contributed by atoms with Gasteiger partial charge in [0.15, 0.2) is 0 Å². The van der Waals surface area contributed by atoms with Crippen molar-refractivity contribution in [2.75, 3.05) is 19.6 Å². The van der Waals surface area contributed by atoms with Gasteiger partial charge in [0, 0.05) is 13.1 Å². The predicted octanol–water partition coefficient (Wildman–Crippen LogP) is 0.698. The fraction of sp³-hybridized carbons (Fsp3) is 0.818. The van der Waals surface area contributed by atoms with Crippen molar-refractivity contribution in [1.29, 1.82) is 0 Å². The number of carboxylic acids is 1. The first kappa shape index (κ1) is 14.9. The molecule has 1 atom stereocenters. The standard InChI is InChI=1S/C11H22N2O3/c1-4-7-9(11(15)16)12-8-10(14)13(5-2)6-3/h9,12H,4-8H2,1-3H3,(H,15,16). The summed E-state index contributed by atoms with van der Waals surface area (Å²) in [5.74, 6) is -0.943. The lowest BCUT2D eigenvalue weighted by Gasteiger charge is -2.20. The molecule has 5 nitrogen and oxygen atoms in total. The summed E-state index contributed by atoms with van der Waals surface area (Å²) in [6.07, 6.45) is 1.32. The highest BCUT2D eigenvalue weighted by atomic mass is 16.4. The molecule has 0 aromatic carbocycles. The number of carbonyl (C=O) groups is 2. The van der Waals surface area contributed by atoms with Crippen LogP contribution in [-0.4, -0.2) is 47.6 Å². The Labute approximate surface area is 96.8 Å². The van der Waals surface area contributed by atoms with Gasteiger partial charge in [-0.05, 0) is 20.3 Å². The summed E-state index contributed by atoms with van der Waals surface area (Å²) in [6.45, 7) is 7.14. The maximum Gasteiger partial charge on any atom is 0.320 e. The van der Waals surface area contributed by atoms with Gasteiger partial charge in [-0.15, -0.1) is 0 Å². The smallest absolute Gasteiger partial charge is 0.320 e. The van der Waals surface area contributed by atoms with Gasteiger partial charge >= 0.3 is 5.97 Å². The largest absolute Gasteiger partial charge is 0.480 e. The lowest BCUT2D eigenvalue weighted by molar-refractivity contribution is -0.140. The Morgan fingerprint density at radius 3 is 2.19 bits per heavy atom. The van der Waals surface area contributed by atoms with Gasteiger partial charge in [0.1, 0.15) is 6.04 Å². The van der Waals surface area contributed by atoms with Crippen LogP contribution < -0.4 is 5.32 Å². The Hall–Kier alpha value is -1.10. The molecule has 0 bridgehead atoms. The van der Waals surface area contributed by atoms with Gasteiger partial charge in [0.2, 0.25) is 5.91 Å². The van der Waals surface area contributed by atoms with Crippen LogP contribution in [0.4, 0.5) is 0 Å². The van der Waals surface area contributed by atoms with E-state index in [1.165, 1.54) is 0 Å². The van der Waals surface area contributed by atoms with Gasteiger partial charge < -0.3 is 10.0 Å². The quantitative estimate of drug-likeness (QED) is 0.644. The van der Waals surface area contributed by atoms with Gasteiger partial charge in [-0.25, -0.2) is 0 Å². The molecule has 0 aliphatic carbocycles. The zero-order valence-corrected chi connectivity index (χ0v) is 10.3. The molecule has 1 unspecified atom stereocenters. The SMILES string of the molecule is CCCC(NCC(=O)N(CC)CC)C(=O)O. The van der Waals surface area contributed by atoms with E-state index in [0.717, 1.165) is 6.42 Å². The number of hydrogen-bond acceptors (Lipinski definition) is 3. The minimum absolute atomic E-state index is 0.0487. The van der Waals surface area contributed by atoms with Crippen molar-refractivity contribution in [1.82, 2.24) is 10.2 Å². The number of nitrogens with zero attached hydrogens (tertiary/aromatic N) is 1. The number of carboxylic acid groups (broad SMARTS) is 1. The highest BCUT2D eigenvalue weighted by molar-refractivity contribution is 5.80. The van der Waals surface area contributed by atoms with Crippen LogP contribution in [0.5, 0.6) is 0 Å². The van der Waals surface area contributed by atoms with Crippen molar-refractivity contribution >= 4 is 11.9 Å². The fourth-order valence-corrected chi connectivity index (χ4v) is 1.50. The third kappa shape index (κ3) is 5.11. The van der Waals surface area contributed by atoms with E-state index in [-0.39, 0.29) is 12.5 Å². The maximum absolute atomic E-state index is 11.6. The molecule has 0 aliphatic heterocycles. The van der Waals surface area contributed by atoms with Crippen molar-refractivity contribution in [3.05, 3.63) is 0 Å². The first-order valence-electron chi connectivity index (χ1n) is 5.80. The zero-order valence-electron chi connectivity index (χ0n) is 10.3. The molecule has 2 N–H and O–H groups in total. The zero-order chi connectivity index (χ0) is 12.6. The molecule has 0 heterocycles. The minimum atomic E-state index is -0.894. The van der Waals surface area contributed by atoms with Crippen LogP contribution in [0.1, 0.15) is 33.6 Å². The first-order valence-corrected chi connectivity index (χ1v) is 5.80. The van der Waals surface area contributed by atoms with E-state index in [1.807, 2.05) is 20.8 Å². The Balaban J connectivity index is 4.09. The molecule has 0 aromatic heterocycles. The topological polar surface area (TPSA) is 69.6 Å². The number of likely N-dealkylation sites (N-methyl/N-ethyl adjacent to an activating group) is 1. The Morgan fingerprint density at radius 1 is 1.25 bits per heavy atom. The van der Waals surface area contributed by atoms with E-state index in [9.17, 15) is 9.59 Å².